The number of fused-ring (bicyclic) bond motifs is 1. The molecular weight excluding hydrogens is 396 g/mol. The molecule has 0 bridgehead atoms. The van der Waals surface area contributed by atoms with Gasteiger partial charge < -0.3 is 24.7 Å². The number of para-hydroxylation sites is 1. The highest BCUT2D eigenvalue weighted by molar-refractivity contribution is 5.73. The van der Waals surface area contributed by atoms with E-state index in [9.17, 15) is 5.26 Å². The highest BCUT2D eigenvalue weighted by Gasteiger charge is 2.37. The second-order valence-electron chi connectivity index (χ2n) is 6.78. The standard InChI is InChI=1S/C23H22N4O4/c1-4-30-16-8-6-5-7-14(16)19-15(12-24)22(25)31-23-20(19)21(26-27-23)13-9-10-17(28-2)18(11-13)29-3/h5-11,19H,4,25H2,1-3H3,(H,26,27)/t19-/m0/s1. The van der Waals surface area contributed by atoms with E-state index < -0.39 is 5.92 Å². The average Bonchev–Trinajstić information content (AvgIpc) is 3.21. The third-order valence-electron chi connectivity index (χ3n) is 5.14. The lowest BCUT2D eigenvalue weighted by molar-refractivity contribution is 0.334. The molecule has 0 unspecified atom stereocenters. The van der Waals surface area contributed by atoms with Gasteiger partial charge in [0.25, 0.3) is 0 Å². The number of hydrogen-bond donors (Lipinski definition) is 2. The third-order valence-corrected chi connectivity index (χ3v) is 5.14. The normalized spacial score (nSPS) is 15.0. The fraction of sp³-hybridized carbons (Fsp3) is 0.217. The molecule has 0 spiro atoms. The molecule has 1 aromatic heterocycles. The number of methoxy groups -OCH3 is 2. The summed E-state index contributed by atoms with van der Waals surface area (Å²) in [6.07, 6.45) is 0. The zero-order valence-electron chi connectivity index (χ0n) is 17.4. The Balaban J connectivity index is 1.94. The highest BCUT2D eigenvalue weighted by Crippen LogP contribution is 2.48. The lowest BCUT2D eigenvalue weighted by atomic mass is 9.82. The lowest BCUT2D eigenvalue weighted by Gasteiger charge is -2.25. The van der Waals surface area contributed by atoms with Gasteiger partial charge in [-0.3, -0.25) is 5.10 Å². The molecule has 0 saturated carbocycles. The van der Waals surface area contributed by atoms with E-state index in [4.69, 9.17) is 24.7 Å². The third kappa shape index (κ3) is 3.40. The van der Waals surface area contributed by atoms with E-state index in [1.807, 2.05) is 49.4 Å². The van der Waals surface area contributed by atoms with Crippen molar-refractivity contribution in [3.8, 4) is 40.5 Å². The molecule has 1 atom stereocenters. The predicted octanol–water partition coefficient (Wildman–Crippen LogP) is 3.71. The SMILES string of the molecule is CCOc1ccccc1[C@H]1C(C#N)=C(N)Oc2n[nH]c(-c3ccc(OC)c(OC)c3)c21. The first-order chi connectivity index (χ1) is 15.1. The fourth-order valence-corrected chi connectivity index (χ4v) is 3.77. The van der Waals surface area contributed by atoms with Crippen LogP contribution in [0.4, 0.5) is 0 Å². The number of aromatic nitrogens is 2. The highest BCUT2D eigenvalue weighted by atomic mass is 16.5. The van der Waals surface area contributed by atoms with E-state index in [2.05, 4.69) is 16.3 Å². The van der Waals surface area contributed by atoms with Crippen LogP contribution in [0.2, 0.25) is 0 Å². The van der Waals surface area contributed by atoms with Crippen LogP contribution in [0.3, 0.4) is 0 Å². The van der Waals surface area contributed by atoms with E-state index >= 15 is 0 Å². The van der Waals surface area contributed by atoms with Crippen LogP contribution in [0.5, 0.6) is 23.1 Å². The molecule has 4 rings (SSSR count). The molecule has 1 aliphatic heterocycles. The number of nitrogens with one attached hydrogen (secondary N) is 1. The summed E-state index contributed by atoms with van der Waals surface area (Å²) in [5.41, 5.74) is 9.37. The minimum absolute atomic E-state index is 0.0247. The van der Waals surface area contributed by atoms with Crippen LogP contribution in [0.15, 0.2) is 53.9 Å². The largest absolute Gasteiger partial charge is 0.494 e. The molecule has 2 heterocycles. The van der Waals surface area contributed by atoms with Gasteiger partial charge in [-0.2, -0.15) is 5.26 Å². The van der Waals surface area contributed by atoms with Crippen molar-refractivity contribution in [2.45, 2.75) is 12.8 Å². The Morgan fingerprint density at radius 2 is 1.90 bits per heavy atom. The quantitative estimate of drug-likeness (QED) is 0.627. The summed E-state index contributed by atoms with van der Waals surface area (Å²) in [5, 5.41) is 17.3. The van der Waals surface area contributed by atoms with Crippen molar-refractivity contribution in [3.63, 3.8) is 0 Å². The molecule has 2 aromatic carbocycles. The van der Waals surface area contributed by atoms with E-state index in [1.165, 1.54) is 0 Å². The maximum atomic E-state index is 9.91. The van der Waals surface area contributed by atoms with Gasteiger partial charge in [0.2, 0.25) is 11.8 Å². The molecule has 8 heteroatoms. The summed E-state index contributed by atoms with van der Waals surface area (Å²) < 4.78 is 22.3. The van der Waals surface area contributed by atoms with E-state index in [0.717, 1.165) is 11.1 Å². The first-order valence-corrected chi connectivity index (χ1v) is 9.72. The first-order valence-electron chi connectivity index (χ1n) is 9.72. The lowest BCUT2D eigenvalue weighted by Crippen LogP contribution is -2.21. The van der Waals surface area contributed by atoms with Gasteiger partial charge in [-0.25, -0.2) is 0 Å². The van der Waals surface area contributed by atoms with Crippen molar-refractivity contribution in [1.82, 2.24) is 10.2 Å². The number of aromatic amines is 1. The molecule has 1 aliphatic rings. The fourth-order valence-electron chi connectivity index (χ4n) is 3.77. The van der Waals surface area contributed by atoms with Gasteiger partial charge in [-0.15, -0.1) is 5.10 Å². The van der Waals surface area contributed by atoms with Crippen molar-refractivity contribution >= 4 is 0 Å². The second-order valence-corrected chi connectivity index (χ2v) is 6.78. The maximum Gasteiger partial charge on any atom is 0.244 e. The van der Waals surface area contributed by atoms with Gasteiger partial charge in [0.05, 0.1) is 38.0 Å². The summed E-state index contributed by atoms with van der Waals surface area (Å²) in [7, 11) is 3.16. The first kappa shape index (κ1) is 20.2. The Hall–Kier alpha value is -4.12. The second kappa shape index (κ2) is 8.32. The molecule has 0 radical (unpaired) electrons. The molecule has 3 N–H and O–H groups in total. The zero-order valence-corrected chi connectivity index (χ0v) is 17.4. The van der Waals surface area contributed by atoms with Crippen molar-refractivity contribution in [3.05, 3.63) is 65.0 Å². The number of hydrogen-bond acceptors (Lipinski definition) is 7. The average molecular weight is 418 g/mol. The van der Waals surface area contributed by atoms with Gasteiger partial charge >= 0.3 is 0 Å². The summed E-state index contributed by atoms with van der Waals surface area (Å²) in [6.45, 7) is 2.40. The molecular formula is C23H22N4O4. The van der Waals surface area contributed by atoms with E-state index in [1.54, 1.807) is 14.2 Å². The number of H-pyrrole nitrogens is 1. The predicted molar refractivity (Wildman–Crippen MR) is 114 cm³/mol. The minimum Gasteiger partial charge on any atom is -0.494 e. The van der Waals surface area contributed by atoms with Gasteiger partial charge in [-0.05, 0) is 31.2 Å². The summed E-state index contributed by atoms with van der Waals surface area (Å²) >= 11 is 0. The number of nitriles is 1. The number of nitrogens with zero attached hydrogens (tertiary/aromatic N) is 2. The van der Waals surface area contributed by atoms with Crippen LogP contribution in [0.25, 0.3) is 11.3 Å². The van der Waals surface area contributed by atoms with Crippen molar-refractivity contribution in [2.24, 2.45) is 5.73 Å². The summed E-state index contributed by atoms with van der Waals surface area (Å²) in [5.74, 6) is 1.67. The Labute approximate surface area is 179 Å². The van der Waals surface area contributed by atoms with Gasteiger partial charge in [0, 0.05) is 11.1 Å². The van der Waals surface area contributed by atoms with Crippen LogP contribution in [-0.4, -0.2) is 31.0 Å². The van der Waals surface area contributed by atoms with Gasteiger partial charge in [0.15, 0.2) is 11.5 Å². The zero-order chi connectivity index (χ0) is 22.0. The maximum absolute atomic E-state index is 9.91. The van der Waals surface area contributed by atoms with Crippen molar-refractivity contribution in [2.75, 3.05) is 20.8 Å². The Morgan fingerprint density at radius 1 is 1.13 bits per heavy atom. The Bertz CT molecular complexity index is 1190. The Kier molecular flexibility index (Phi) is 5.41. The topological polar surface area (TPSA) is 115 Å². The van der Waals surface area contributed by atoms with Crippen LogP contribution in [0, 0.1) is 11.3 Å². The minimum atomic E-state index is -0.515. The van der Waals surface area contributed by atoms with E-state index in [0.29, 0.717) is 46.6 Å². The number of ether oxygens (including phenoxy) is 4. The van der Waals surface area contributed by atoms with E-state index in [-0.39, 0.29) is 5.88 Å². The number of nitrogens with two attached hydrogens (primary N) is 1. The van der Waals surface area contributed by atoms with Gasteiger partial charge in [0.1, 0.15) is 17.4 Å². The molecule has 0 fully saturated rings. The number of benzene rings is 2. The van der Waals surface area contributed by atoms with Crippen LogP contribution < -0.4 is 24.7 Å². The molecule has 0 saturated heterocycles. The van der Waals surface area contributed by atoms with Crippen LogP contribution in [0.1, 0.15) is 24.0 Å². The van der Waals surface area contributed by atoms with Crippen molar-refractivity contribution < 1.29 is 18.9 Å². The molecule has 8 nitrogen and oxygen atoms in total. The number of rotatable bonds is 6. The molecule has 0 aliphatic carbocycles. The van der Waals surface area contributed by atoms with Crippen molar-refractivity contribution in [1.29, 1.82) is 5.26 Å². The van der Waals surface area contributed by atoms with Gasteiger partial charge in [-0.1, -0.05) is 18.2 Å². The number of allylic oxidation sites excluding steroid dienone is 1. The summed E-state index contributed by atoms with van der Waals surface area (Å²) in [4.78, 5) is 0. The Morgan fingerprint density at radius 3 is 2.61 bits per heavy atom. The molecule has 0 amide bonds. The van der Waals surface area contributed by atoms with Crippen LogP contribution >= 0.6 is 0 Å². The summed E-state index contributed by atoms with van der Waals surface area (Å²) in [6, 6.07) is 15.3. The van der Waals surface area contributed by atoms with Crippen LogP contribution in [-0.2, 0) is 0 Å². The molecule has 31 heavy (non-hydrogen) atoms. The smallest absolute Gasteiger partial charge is 0.244 e. The monoisotopic (exact) mass is 418 g/mol. The molecule has 3 aromatic rings. The molecule has 158 valence electrons.